The molecule has 1 N–H and O–H groups in total. The SMILES string of the molecule is C=CCN1C(=O)c2ccc(C(=O)O[C@@H](C)C(=O)Nc3cccc4ccccc34)cc2C1=O. The third kappa shape index (κ3) is 3.76. The van der Waals surface area contributed by atoms with Crippen molar-refractivity contribution >= 4 is 40.2 Å². The molecule has 0 bridgehead atoms. The zero-order valence-corrected chi connectivity index (χ0v) is 17.3. The minimum absolute atomic E-state index is 0.0789. The summed E-state index contributed by atoms with van der Waals surface area (Å²) >= 11 is 0. The second kappa shape index (κ2) is 8.47. The summed E-state index contributed by atoms with van der Waals surface area (Å²) in [5.41, 5.74) is 1.03. The van der Waals surface area contributed by atoms with Gasteiger partial charge in [0.05, 0.1) is 16.7 Å². The Bertz CT molecular complexity index is 1280. The minimum Gasteiger partial charge on any atom is -0.449 e. The molecule has 0 radical (unpaired) electrons. The lowest BCUT2D eigenvalue weighted by Crippen LogP contribution is -2.30. The van der Waals surface area contributed by atoms with Gasteiger partial charge in [-0.2, -0.15) is 0 Å². The number of nitrogens with one attached hydrogen (secondary N) is 1. The summed E-state index contributed by atoms with van der Waals surface area (Å²) in [5.74, 6) is -2.19. The maximum Gasteiger partial charge on any atom is 0.338 e. The second-order valence-electron chi connectivity index (χ2n) is 7.33. The average Bonchev–Trinajstić information content (AvgIpc) is 3.04. The van der Waals surface area contributed by atoms with Crippen molar-refractivity contribution in [3.8, 4) is 0 Å². The Hall–Kier alpha value is -4.26. The average molecular weight is 428 g/mol. The molecule has 0 unspecified atom stereocenters. The number of anilines is 1. The molecule has 0 saturated carbocycles. The molecule has 0 aliphatic carbocycles. The molecule has 0 fully saturated rings. The van der Waals surface area contributed by atoms with E-state index in [1.54, 1.807) is 6.07 Å². The third-order valence-corrected chi connectivity index (χ3v) is 5.22. The first-order valence-electron chi connectivity index (χ1n) is 10.0. The van der Waals surface area contributed by atoms with Crippen molar-refractivity contribution in [1.82, 2.24) is 4.90 Å². The molecule has 7 heteroatoms. The van der Waals surface area contributed by atoms with Crippen LogP contribution in [0.2, 0.25) is 0 Å². The molecule has 1 atom stereocenters. The molecule has 32 heavy (non-hydrogen) atoms. The maximum atomic E-state index is 12.6. The number of benzene rings is 3. The van der Waals surface area contributed by atoms with Crippen molar-refractivity contribution in [2.24, 2.45) is 0 Å². The molecule has 0 spiro atoms. The van der Waals surface area contributed by atoms with Crippen molar-refractivity contribution in [3.05, 3.63) is 90.0 Å². The fourth-order valence-electron chi connectivity index (χ4n) is 3.56. The monoisotopic (exact) mass is 428 g/mol. The first-order valence-corrected chi connectivity index (χ1v) is 10.0. The van der Waals surface area contributed by atoms with Gasteiger partial charge in [0.15, 0.2) is 6.10 Å². The number of hydrogen-bond acceptors (Lipinski definition) is 5. The molecule has 1 aliphatic rings. The highest BCUT2D eigenvalue weighted by atomic mass is 16.5. The molecular weight excluding hydrogens is 408 g/mol. The van der Waals surface area contributed by atoms with Crippen LogP contribution in [0, 0.1) is 0 Å². The number of nitrogens with zero attached hydrogens (tertiary/aromatic N) is 1. The van der Waals surface area contributed by atoms with E-state index in [4.69, 9.17) is 4.74 Å². The van der Waals surface area contributed by atoms with E-state index in [0.717, 1.165) is 15.7 Å². The van der Waals surface area contributed by atoms with Crippen LogP contribution in [0.15, 0.2) is 73.3 Å². The zero-order chi connectivity index (χ0) is 22.8. The number of carbonyl (C=O) groups is 4. The lowest BCUT2D eigenvalue weighted by molar-refractivity contribution is -0.123. The molecule has 3 aromatic carbocycles. The largest absolute Gasteiger partial charge is 0.449 e. The van der Waals surface area contributed by atoms with E-state index in [1.807, 2.05) is 36.4 Å². The van der Waals surface area contributed by atoms with E-state index in [-0.39, 0.29) is 23.2 Å². The van der Waals surface area contributed by atoms with Crippen LogP contribution in [0.5, 0.6) is 0 Å². The first kappa shape index (κ1) is 21.0. The molecule has 1 heterocycles. The highest BCUT2D eigenvalue weighted by molar-refractivity contribution is 6.22. The highest BCUT2D eigenvalue weighted by Gasteiger charge is 2.35. The molecule has 1 aliphatic heterocycles. The van der Waals surface area contributed by atoms with Crippen LogP contribution < -0.4 is 5.32 Å². The van der Waals surface area contributed by atoms with Gasteiger partial charge in [0.2, 0.25) is 0 Å². The Morgan fingerprint density at radius 3 is 2.53 bits per heavy atom. The van der Waals surface area contributed by atoms with E-state index in [2.05, 4.69) is 11.9 Å². The number of rotatable bonds is 6. The lowest BCUT2D eigenvalue weighted by atomic mass is 10.1. The van der Waals surface area contributed by atoms with Gasteiger partial charge in [0, 0.05) is 17.6 Å². The van der Waals surface area contributed by atoms with Gasteiger partial charge in [-0.25, -0.2) is 4.79 Å². The molecule has 4 rings (SSSR count). The van der Waals surface area contributed by atoms with Crippen LogP contribution in [-0.4, -0.2) is 41.2 Å². The number of esters is 1. The normalized spacial score (nSPS) is 13.6. The Labute approximate surface area is 184 Å². The van der Waals surface area contributed by atoms with Crippen molar-refractivity contribution in [2.75, 3.05) is 11.9 Å². The van der Waals surface area contributed by atoms with E-state index in [9.17, 15) is 19.2 Å². The summed E-state index contributed by atoms with van der Waals surface area (Å²) in [6.07, 6.45) is 0.372. The van der Waals surface area contributed by atoms with Crippen LogP contribution in [0.25, 0.3) is 10.8 Å². The molecule has 0 saturated heterocycles. The summed E-state index contributed by atoms with van der Waals surface area (Å²) in [6.45, 7) is 5.08. The van der Waals surface area contributed by atoms with Gasteiger partial charge in [-0.15, -0.1) is 6.58 Å². The smallest absolute Gasteiger partial charge is 0.338 e. The molecule has 7 nitrogen and oxygen atoms in total. The second-order valence-corrected chi connectivity index (χ2v) is 7.33. The Morgan fingerprint density at radius 2 is 1.75 bits per heavy atom. The van der Waals surface area contributed by atoms with Gasteiger partial charge in [0.25, 0.3) is 17.7 Å². The van der Waals surface area contributed by atoms with Crippen LogP contribution >= 0.6 is 0 Å². The Morgan fingerprint density at radius 1 is 1.03 bits per heavy atom. The minimum atomic E-state index is -1.08. The lowest BCUT2D eigenvalue weighted by Gasteiger charge is -2.15. The summed E-state index contributed by atoms with van der Waals surface area (Å²) in [5, 5.41) is 4.62. The molecular formula is C25H20N2O5. The van der Waals surface area contributed by atoms with Crippen LogP contribution in [0.1, 0.15) is 38.0 Å². The summed E-state index contributed by atoms with van der Waals surface area (Å²) in [6, 6.07) is 17.3. The van der Waals surface area contributed by atoms with Crippen molar-refractivity contribution in [3.63, 3.8) is 0 Å². The topological polar surface area (TPSA) is 92.8 Å². The third-order valence-electron chi connectivity index (χ3n) is 5.22. The van der Waals surface area contributed by atoms with E-state index >= 15 is 0 Å². The van der Waals surface area contributed by atoms with Crippen molar-refractivity contribution in [2.45, 2.75) is 13.0 Å². The van der Waals surface area contributed by atoms with Crippen molar-refractivity contribution < 1.29 is 23.9 Å². The number of imide groups is 1. The van der Waals surface area contributed by atoms with Gasteiger partial charge in [-0.1, -0.05) is 42.5 Å². The van der Waals surface area contributed by atoms with Gasteiger partial charge >= 0.3 is 5.97 Å². The van der Waals surface area contributed by atoms with Gasteiger partial charge in [-0.05, 0) is 36.6 Å². The Balaban J connectivity index is 1.47. The molecule has 160 valence electrons. The fourth-order valence-corrected chi connectivity index (χ4v) is 3.56. The summed E-state index contributed by atoms with van der Waals surface area (Å²) in [4.78, 5) is 51.0. The summed E-state index contributed by atoms with van der Waals surface area (Å²) in [7, 11) is 0. The van der Waals surface area contributed by atoms with E-state index < -0.39 is 29.8 Å². The Kier molecular flexibility index (Phi) is 5.55. The van der Waals surface area contributed by atoms with Crippen molar-refractivity contribution in [1.29, 1.82) is 0 Å². The van der Waals surface area contributed by atoms with E-state index in [1.165, 1.54) is 31.2 Å². The maximum absolute atomic E-state index is 12.6. The highest BCUT2D eigenvalue weighted by Crippen LogP contribution is 2.25. The predicted molar refractivity (Wildman–Crippen MR) is 119 cm³/mol. The van der Waals surface area contributed by atoms with Crippen LogP contribution in [0.4, 0.5) is 5.69 Å². The number of fused-ring (bicyclic) bond motifs is 2. The summed E-state index contributed by atoms with van der Waals surface area (Å²) < 4.78 is 5.30. The van der Waals surface area contributed by atoms with Gasteiger partial charge in [-0.3, -0.25) is 19.3 Å². The number of ether oxygens (including phenoxy) is 1. The molecule has 0 aromatic heterocycles. The zero-order valence-electron chi connectivity index (χ0n) is 17.3. The molecule has 3 amide bonds. The van der Waals surface area contributed by atoms with E-state index in [0.29, 0.717) is 5.69 Å². The standard InChI is InChI=1S/C25H20N2O5/c1-3-13-27-23(29)19-12-11-17(14-20(19)24(27)30)25(31)32-15(2)22(28)26-21-10-6-8-16-7-4-5-9-18(16)21/h3-12,14-15H,1,13H2,2H3,(H,26,28)/t15-/m0/s1. The van der Waals surface area contributed by atoms with Gasteiger partial charge < -0.3 is 10.1 Å². The number of amides is 3. The number of hydrogen-bond donors (Lipinski definition) is 1. The fraction of sp³-hybridized carbons (Fsp3) is 0.120. The van der Waals surface area contributed by atoms with Crippen LogP contribution in [-0.2, 0) is 9.53 Å². The number of carbonyl (C=O) groups excluding carboxylic acids is 4. The quantitative estimate of drug-likeness (QED) is 0.366. The van der Waals surface area contributed by atoms with Crippen LogP contribution in [0.3, 0.4) is 0 Å². The van der Waals surface area contributed by atoms with Gasteiger partial charge in [0.1, 0.15) is 0 Å². The predicted octanol–water partition coefficient (Wildman–Crippen LogP) is 3.81. The first-order chi connectivity index (χ1) is 15.4. The molecule has 3 aromatic rings.